The second kappa shape index (κ2) is 11.0. The number of imidazole rings is 1. The lowest BCUT2D eigenvalue weighted by molar-refractivity contribution is -0.0497. The number of nitrogens with one attached hydrogen (secondary N) is 2. The number of halogens is 3. The second-order valence-electron chi connectivity index (χ2n) is 10.0. The van der Waals surface area contributed by atoms with E-state index in [1.807, 2.05) is 4.90 Å². The Labute approximate surface area is 238 Å². The molecule has 16 heteroatoms. The summed E-state index contributed by atoms with van der Waals surface area (Å²) in [5, 5.41) is 11.0. The van der Waals surface area contributed by atoms with Crippen LogP contribution in [0.15, 0.2) is 18.3 Å². The summed E-state index contributed by atoms with van der Waals surface area (Å²) in [7, 11) is 1.37. The Morgan fingerprint density at radius 1 is 1.22 bits per heavy atom. The summed E-state index contributed by atoms with van der Waals surface area (Å²) >= 11 is 6.84. The lowest BCUT2D eigenvalue weighted by Crippen LogP contribution is -2.64. The van der Waals surface area contributed by atoms with Crippen LogP contribution in [0.1, 0.15) is 12.8 Å². The number of hydrogen-bond acceptors (Lipinski definition) is 10. The molecule has 6 rings (SSSR count). The van der Waals surface area contributed by atoms with Crippen molar-refractivity contribution in [3.8, 4) is 5.75 Å². The molecular weight excluding hydrogens is 562 g/mol. The number of alkyl halides is 2. The van der Waals surface area contributed by atoms with Crippen molar-refractivity contribution in [1.29, 1.82) is 0 Å². The number of hydrogen-bond donors (Lipinski definition) is 2. The molecule has 0 atom stereocenters. The number of fused-ring (bicyclic) bond motifs is 1. The third-order valence-corrected chi connectivity index (χ3v) is 7.74. The summed E-state index contributed by atoms with van der Waals surface area (Å²) in [6, 6.07) is 3.37. The van der Waals surface area contributed by atoms with Gasteiger partial charge in [-0.3, -0.25) is 4.90 Å². The van der Waals surface area contributed by atoms with Crippen LogP contribution < -0.4 is 20.3 Å². The highest BCUT2D eigenvalue weighted by atomic mass is 35.5. The van der Waals surface area contributed by atoms with Crippen LogP contribution in [0.3, 0.4) is 0 Å². The van der Waals surface area contributed by atoms with Crippen LogP contribution in [-0.4, -0.2) is 101 Å². The molecule has 3 aromatic rings. The van der Waals surface area contributed by atoms with Crippen LogP contribution >= 0.6 is 11.6 Å². The molecule has 2 aromatic heterocycles. The van der Waals surface area contributed by atoms with Crippen LogP contribution in [0.4, 0.5) is 42.5 Å². The molecule has 3 aliphatic rings. The molecule has 1 saturated carbocycles. The number of carbonyl (C=O) groups is 1. The zero-order valence-corrected chi connectivity index (χ0v) is 22.8. The van der Waals surface area contributed by atoms with Gasteiger partial charge < -0.3 is 34.8 Å². The van der Waals surface area contributed by atoms with Crippen LogP contribution in [-0.2, 0) is 4.74 Å². The SMILES string of the molecule is [C-]#[N+]c1cnc2c(NC3CC3)nc(Nc3cc(OC(F)F)cc(N4CCN(C5CN(C(=O)OC)C5)CC4)c3Cl)nn12. The number of carbonyl (C=O) groups excluding carboxylic acids is 1. The molecule has 1 aliphatic carbocycles. The Morgan fingerprint density at radius 3 is 2.63 bits per heavy atom. The second-order valence-corrected chi connectivity index (χ2v) is 10.4. The highest BCUT2D eigenvalue weighted by Crippen LogP contribution is 2.40. The first-order valence-corrected chi connectivity index (χ1v) is 13.5. The topological polar surface area (TPSA) is 117 Å². The van der Waals surface area contributed by atoms with Gasteiger partial charge in [-0.05, 0) is 12.8 Å². The number of anilines is 4. The van der Waals surface area contributed by atoms with E-state index in [1.54, 1.807) is 4.90 Å². The van der Waals surface area contributed by atoms with E-state index >= 15 is 0 Å². The molecule has 216 valence electrons. The normalized spacial score (nSPS) is 17.9. The van der Waals surface area contributed by atoms with Crippen LogP contribution in [0, 0.1) is 6.57 Å². The number of methoxy groups -OCH3 is 1. The highest BCUT2D eigenvalue weighted by Gasteiger charge is 2.37. The van der Waals surface area contributed by atoms with E-state index in [-0.39, 0.29) is 46.4 Å². The predicted octanol–water partition coefficient (Wildman–Crippen LogP) is 3.82. The minimum atomic E-state index is -3.03. The van der Waals surface area contributed by atoms with Gasteiger partial charge in [0.25, 0.3) is 17.4 Å². The summed E-state index contributed by atoms with van der Waals surface area (Å²) in [4.78, 5) is 29.9. The Morgan fingerprint density at radius 2 is 1.98 bits per heavy atom. The first-order chi connectivity index (χ1) is 19.8. The van der Waals surface area contributed by atoms with Crippen molar-refractivity contribution in [3.63, 3.8) is 0 Å². The lowest BCUT2D eigenvalue weighted by atomic mass is 10.1. The third kappa shape index (κ3) is 5.57. The maximum atomic E-state index is 13.3. The minimum absolute atomic E-state index is 0.0704. The minimum Gasteiger partial charge on any atom is -0.453 e. The molecular formula is C25H27ClF2N10O3. The number of rotatable bonds is 8. The van der Waals surface area contributed by atoms with Gasteiger partial charge in [0.2, 0.25) is 0 Å². The van der Waals surface area contributed by atoms with Gasteiger partial charge in [0.15, 0.2) is 5.82 Å². The quantitative estimate of drug-likeness (QED) is 0.376. The third-order valence-electron chi connectivity index (χ3n) is 7.34. The summed E-state index contributed by atoms with van der Waals surface area (Å²) < 4.78 is 37.4. The smallest absolute Gasteiger partial charge is 0.409 e. The van der Waals surface area contributed by atoms with Crippen molar-refractivity contribution < 1.29 is 23.0 Å². The fraction of sp³-hybridized carbons (Fsp3) is 0.480. The van der Waals surface area contributed by atoms with Crippen molar-refractivity contribution in [1.82, 2.24) is 29.4 Å². The fourth-order valence-corrected chi connectivity index (χ4v) is 5.28. The summed E-state index contributed by atoms with van der Waals surface area (Å²) in [5.41, 5.74) is 1.21. The number of likely N-dealkylation sites (tertiary alicyclic amines) is 1. The fourth-order valence-electron chi connectivity index (χ4n) is 5.01. The van der Waals surface area contributed by atoms with Crippen molar-refractivity contribution in [2.24, 2.45) is 0 Å². The lowest BCUT2D eigenvalue weighted by Gasteiger charge is -2.47. The van der Waals surface area contributed by atoms with Gasteiger partial charge in [0.1, 0.15) is 5.75 Å². The summed E-state index contributed by atoms with van der Waals surface area (Å²) in [6.07, 6.45) is 3.07. The van der Waals surface area contributed by atoms with E-state index in [0.29, 0.717) is 56.4 Å². The standard InChI is InChI=1S/C25H27ClF2N10O3/c1-29-19-11-30-22-21(31-14-3-4-14)33-24(34-38(19)22)32-17-9-16(41-23(27)28)10-18(20(17)26)36-7-5-35(6-8-36)15-12-37(13-15)25(39)40-2/h9-11,14-15,23H,3-8,12-13H2,2H3,(H2,31,32,33,34). The van der Waals surface area contributed by atoms with Crippen LogP contribution in [0.2, 0.25) is 5.02 Å². The average molecular weight is 589 g/mol. The average Bonchev–Trinajstić information content (AvgIpc) is 3.65. The van der Waals surface area contributed by atoms with Gasteiger partial charge in [-0.25, -0.2) is 9.78 Å². The van der Waals surface area contributed by atoms with Crippen LogP contribution in [0.25, 0.3) is 10.5 Å². The Balaban J connectivity index is 1.24. The number of nitrogens with zero attached hydrogens (tertiary/aromatic N) is 8. The zero-order valence-electron chi connectivity index (χ0n) is 22.1. The molecule has 0 unspecified atom stereocenters. The maximum Gasteiger partial charge on any atom is 0.409 e. The summed E-state index contributed by atoms with van der Waals surface area (Å²) in [6.45, 7) is 8.21. The van der Waals surface area contributed by atoms with Crippen molar-refractivity contribution in [3.05, 3.63) is 34.8 Å². The molecule has 2 saturated heterocycles. The number of aromatic nitrogens is 4. The Kier molecular flexibility index (Phi) is 7.26. The summed E-state index contributed by atoms with van der Waals surface area (Å²) in [5.74, 6) is 0.688. The van der Waals surface area contributed by atoms with E-state index in [1.165, 1.54) is 30.0 Å². The van der Waals surface area contributed by atoms with Gasteiger partial charge in [-0.1, -0.05) is 23.3 Å². The van der Waals surface area contributed by atoms with Gasteiger partial charge in [-0.2, -0.15) is 13.8 Å². The molecule has 2 aliphatic heterocycles. The molecule has 0 radical (unpaired) electrons. The molecule has 41 heavy (non-hydrogen) atoms. The van der Waals surface area contributed by atoms with E-state index in [0.717, 1.165) is 12.8 Å². The zero-order chi connectivity index (χ0) is 28.7. The molecule has 0 bridgehead atoms. The van der Waals surface area contributed by atoms with E-state index in [4.69, 9.17) is 27.6 Å². The molecule has 4 heterocycles. The van der Waals surface area contributed by atoms with Gasteiger partial charge in [-0.15, -0.1) is 4.52 Å². The largest absolute Gasteiger partial charge is 0.453 e. The maximum absolute atomic E-state index is 13.3. The van der Waals surface area contributed by atoms with Crippen molar-refractivity contribution in [2.45, 2.75) is 31.5 Å². The molecule has 3 fully saturated rings. The van der Waals surface area contributed by atoms with E-state index < -0.39 is 6.61 Å². The van der Waals surface area contributed by atoms with Gasteiger partial charge >= 0.3 is 12.7 Å². The molecule has 1 amide bonds. The first kappa shape index (κ1) is 27.0. The molecule has 13 nitrogen and oxygen atoms in total. The number of piperazine rings is 1. The Hall–Kier alpha value is -4.16. The first-order valence-electron chi connectivity index (χ1n) is 13.1. The van der Waals surface area contributed by atoms with Gasteiger partial charge in [0.05, 0.1) is 29.7 Å². The van der Waals surface area contributed by atoms with Crippen molar-refractivity contribution in [2.75, 3.05) is 61.9 Å². The molecule has 2 N–H and O–H groups in total. The number of benzene rings is 1. The van der Waals surface area contributed by atoms with E-state index in [9.17, 15) is 13.6 Å². The van der Waals surface area contributed by atoms with Gasteiger partial charge in [0, 0.05) is 63.5 Å². The number of amides is 1. The predicted molar refractivity (Wildman–Crippen MR) is 147 cm³/mol. The Bertz CT molecular complexity index is 1500. The molecule has 1 aromatic carbocycles. The monoisotopic (exact) mass is 588 g/mol. The van der Waals surface area contributed by atoms with E-state index in [2.05, 4.69) is 35.4 Å². The molecule has 0 spiro atoms. The highest BCUT2D eigenvalue weighted by molar-refractivity contribution is 6.36. The van der Waals surface area contributed by atoms with Crippen molar-refractivity contribution >= 4 is 52.3 Å². The van der Waals surface area contributed by atoms with Crippen LogP contribution in [0.5, 0.6) is 5.75 Å². The number of ether oxygens (including phenoxy) is 2.